The molecule has 0 saturated heterocycles. The molecular weight excluding hydrogens is 585 g/mol. The topological polar surface area (TPSA) is 46.2 Å². The predicted molar refractivity (Wildman–Crippen MR) is 131 cm³/mol. The van der Waals surface area contributed by atoms with Crippen LogP contribution in [-0.4, -0.2) is 31.1 Å². The number of hydrogen-bond acceptors (Lipinski definition) is 2. The molecule has 0 spiro atoms. The molecule has 0 saturated carbocycles. The van der Waals surface area contributed by atoms with E-state index >= 15 is 0 Å². The molecule has 2 aromatic rings. The lowest BCUT2D eigenvalue weighted by atomic mass is 9.96. The van der Waals surface area contributed by atoms with E-state index in [1.165, 1.54) is 24.3 Å². The van der Waals surface area contributed by atoms with Gasteiger partial charge in [-0.25, -0.2) is 4.39 Å². The maximum atomic E-state index is 13.7. The standard InChI is InChI=1S/C23H19BrCl3F4NO2/c1-12(22(34)32-7-6-28)8-20(33)15-4-2-13(9-17(15)24)3-5-16(23(29,30)31)14-10-18(25)21(27)19(26)11-14/h2-5,9-12,16H,6-8H2,1H3,(H,32,34)/b5-3+. The van der Waals surface area contributed by atoms with Crippen molar-refractivity contribution in [3.63, 3.8) is 0 Å². The lowest BCUT2D eigenvalue weighted by Gasteiger charge is -2.18. The molecule has 0 aliphatic rings. The zero-order valence-corrected chi connectivity index (χ0v) is 21.5. The Morgan fingerprint density at radius 2 is 1.74 bits per heavy atom. The monoisotopic (exact) mass is 601 g/mol. The Morgan fingerprint density at radius 1 is 1.12 bits per heavy atom. The molecule has 0 radical (unpaired) electrons. The average molecular weight is 604 g/mol. The van der Waals surface area contributed by atoms with Crippen LogP contribution in [-0.2, 0) is 4.79 Å². The number of carbonyl (C=O) groups is 2. The van der Waals surface area contributed by atoms with Gasteiger partial charge in [-0.15, -0.1) is 0 Å². The van der Waals surface area contributed by atoms with Gasteiger partial charge in [-0.2, -0.15) is 13.2 Å². The molecular formula is C23H19BrCl3F4NO2. The number of halogens is 8. The Hall–Kier alpha value is -1.61. The molecule has 2 rings (SSSR count). The highest BCUT2D eigenvalue weighted by Gasteiger charge is 2.39. The van der Waals surface area contributed by atoms with Crippen LogP contribution in [0, 0.1) is 5.92 Å². The molecule has 0 bridgehead atoms. The van der Waals surface area contributed by atoms with E-state index in [1.54, 1.807) is 6.92 Å². The van der Waals surface area contributed by atoms with Crippen LogP contribution in [0.25, 0.3) is 6.08 Å². The van der Waals surface area contributed by atoms with Gasteiger partial charge in [0.1, 0.15) is 6.67 Å². The van der Waals surface area contributed by atoms with Crippen LogP contribution in [0.15, 0.2) is 40.9 Å². The Bertz CT molecular complexity index is 1070. The highest BCUT2D eigenvalue weighted by Crippen LogP contribution is 2.41. The Morgan fingerprint density at radius 3 is 2.26 bits per heavy atom. The molecule has 34 heavy (non-hydrogen) atoms. The fourth-order valence-corrected chi connectivity index (χ4v) is 4.29. The van der Waals surface area contributed by atoms with Crippen LogP contribution in [0.3, 0.4) is 0 Å². The van der Waals surface area contributed by atoms with Gasteiger partial charge in [0.25, 0.3) is 0 Å². The van der Waals surface area contributed by atoms with Crippen molar-refractivity contribution in [1.82, 2.24) is 5.32 Å². The number of allylic oxidation sites excluding steroid dienone is 1. The quantitative estimate of drug-likeness (QED) is 0.179. The Balaban J connectivity index is 2.23. The van der Waals surface area contributed by atoms with Crippen molar-refractivity contribution >= 4 is 68.5 Å². The second-order valence-electron chi connectivity index (χ2n) is 7.42. The van der Waals surface area contributed by atoms with E-state index in [4.69, 9.17) is 34.8 Å². The van der Waals surface area contributed by atoms with Crippen LogP contribution < -0.4 is 5.32 Å². The molecule has 1 N–H and O–H groups in total. The van der Waals surface area contributed by atoms with Crippen LogP contribution in [0.5, 0.6) is 0 Å². The summed E-state index contributed by atoms with van der Waals surface area (Å²) in [6, 6.07) is 6.66. The van der Waals surface area contributed by atoms with E-state index < -0.39 is 30.6 Å². The van der Waals surface area contributed by atoms with E-state index in [0.29, 0.717) is 10.0 Å². The largest absolute Gasteiger partial charge is 0.399 e. The molecule has 0 aliphatic heterocycles. The Labute approximate surface area is 217 Å². The predicted octanol–water partition coefficient (Wildman–Crippen LogP) is 8.06. The zero-order chi connectivity index (χ0) is 25.6. The Kier molecular flexibility index (Phi) is 10.4. The first kappa shape index (κ1) is 28.6. The van der Waals surface area contributed by atoms with E-state index in [-0.39, 0.29) is 44.9 Å². The third kappa shape index (κ3) is 7.70. The van der Waals surface area contributed by atoms with Gasteiger partial charge in [-0.3, -0.25) is 9.59 Å². The van der Waals surface area contributed by atoms with Crippen LogP contribution >= 0.6 is 50.7 Å². The van der Waals surface area contributed by atoms with Gasteiger partial charge in [-0.1, -0.05) is 75.9 Å². The molecule has 2 atom stereocenters. The number of Topliss-reactive ketones (excluding diaryl/α,β-unsaturated/α-hetero) is 1. The summed E-state index contributed by atoms with van der Waals surface area (Å²) in [7, 11) is 0. The minimum absolute atomic E-state index is 0.0320. The van der Waals surface area contributed by atoms with Gasteiger partial charge in [-0.05, 0) is 35.4 Å². The van der Waals surface area contributed by atoms with Crippen molar-refractivity contribution < 1.29 is 27.2 Å². The number of nitrogens with one attached hydrogen (secondary N) is 1. The number of benzene rings is 2. The molecule has 0 aromatic heterocycles. The second-order valence-corrected chi connectivity index (χ2v) is 9.47. The first-order valence-electron chi connectivity index (χ1n) is 9.91. The number of ketones is 1. The first-order valence-corrected chi connectivity index (χ1v) is 11.8. The molecule has 0 heterocycles. The van der Waals surface area contributed by atoms with Gasteiger partial charge in [0.15, 0.2) is 5.78 Å². The van der Waals surface area contributed by atoms with Crippen molar-refractivity contribution in [2.45, 2.75) is 25.4 Å². The van der Waals surface area contributed by atoms with Gasteiger partial charge in [0.05, 0.1) is 21.0 Å². The minimum atomic E-state index is -4.62. The van der Waals surface area contributed by atoms with Crippen molar-refractivity contribution in [3.8, 4) is 0 Å². The van der Waals surface area contributed by atoms with Gasteiger partial charge < -0.3 is 5.32 Å². The summed E-state index contributed by atoms with van der Waals surface area (Å²) in [4.78, 5) is 24.4. The third-order valence-electron chi connectivity index (χ3n) is 4.83. The summed E-state index contributed by atoms with van der Waals surface area (Å²) in [5.74, 6) is -3.45. The summed E-state index contributed by atoms with van der Waals surface area (Å²) in [6.45, 7) is 0.707. The number of hydrogen-bond donors (Lipinski definition) is 1. The number of carbonyl (C=O) groups excluding carboxylic acids is 2. The van der Waals surface area contributed by atoms with Crippen LogP contribution in [0.1, 0.15) is 40.7 Å². The maximum absolute atomic E-state index is 13.7. The summed E-state index contributed by atoms with van der Waals surface area (Å²) in [6.07, 6.45) is -2.51. The first-order chi connectivity index (χ1) is 15.8. The highest BCUT2D eigenvalue weighted by molar-refractivity contribution is 9.10. The lowest BCUT2D eigenvalue weighted by Crippen LogP contribution is -2.32. The van der Waals surface area contributed by atoms with E-state index in [0.717, 1.165) is 18.2 Å². The number of rotatable bonds is 9. The molecule has 2 unspecified atom stereocenters. The molecule has 2 aromatic carbocycles. The smallest absolute Gasteiger partial charge is 0.353 e. The number of amides is 1. The van der Waals surface area contributed by atoms with Crippen molar-refractivity contribution in [1.29, 1.82) is 0 Å². The summed E-state index contributed by atoms with van der Waals surface area (Å²) in [5, 5.41) is 2.16. The van der Waals surface area contributed by atoms with Crippen LogP contribution in [0.4, 0.5) is 17.6 Å². The second kappa shape index (κ2) is 12.4. The van der Waals surface area contributed by atoms with Crippen molar-refractivity contribution in [2.24, 2.45) is 5.92 Å². The molecule has 11 heteroatoms. The zero-order valence-electron chi connectivity index (χ0n) is 17.7. The maximum Gasteiger partial charge on any atom is 0.399 e. The van der Waals surface area contributed by atoms with Crippen molar-refractivity contribution in [3.05, 3.63) is 72.6 Å². The summed E-state index contributed by atoms with van der Waals surface area (Å²) in [5.41, 5.74) is 0.498. The molecule has 3 nitrogen and oxygen atoms in total. The highest BCUT2D eigenvalue weighted by atomic mass is 79.9. The van der Waals surface area contributed by atoms with E-state index in [1.807, 2.05) is 0 Å². The fourth-order valence-electron chi connectivity index (χ4n) is 3.06. The summed E-state index contributed by atoms with van der Waals surface area (Å²) < 4.78 is 53.7. The SMILES string of the molecule is CC(CC(=O)c1ccc(/C=C/C(c2cc(Cl)c(Cl)c(Cl)c2)C(F)(F)F)cc1Br)C(=O)NCCF. The average Bonchev–Trinajstić information content (AvgIpc) is 2.74. The van der Waals surface area contributed by atoms with E-state index in [9.17, 15) is 27.2 Å². The summed E-state index contributed by atoms with van der Waals surface area (Å²) >= 11 is 20.9. The molecule has 0 fully saturated rings. The van der Waals surface area contributed by atoms with Gasteiger partial charge in [0.2, 0.25) is 5.91 Å². The fraction of sp³-hybridized carbons (Fsp3) is 0.304. The van der Waals surface area contributed by atoms with Crippen molar-refractivity contribution in [2.75, 3.05) is 13.2 Å². The normalized spacial score (nSPS) is 13.7. The molecule has 184 valence electrons. The van der Waals surface area contributed by atoms with Gasteiger partial charge in [0, 0.05) is 28.9 Å². The van der Waals surface area contributed by atoms with Gasteiger partial charge >= 0.3 is 6.18 Å². The molecule has 1 amide bonds. The lowest BCUT2D eigenvalue weighted by molar-refractivity contribution is -0.139. The number of alkyl halides is 4. The molecule has 0 aliphatic carbocycles. The van der Waals surface area contributed by atoms with Crippen LogP contribution in [0.2, 0.25) is 15.1 Å². The minimum Gasteiger partial charge on any atom is -0.353 e. The third-order valence-corrected chi connectivity index (χ3v) is 6.68. The van der Waals surface area contributed by atoms with E-state index in [2.05, 4.69) is 21.2 Å².